The van der Waals surface area contributed by atoms with Gasteiger partial charge in [0, 0.05) is 11.5 Å². The van der Waals surface area contributed by atoms with E-state index in [-0.39, 0.29) is 11.5 Å². The Morgan fingerprint density at radius 3 is 1.28 bits per heavy atom. The Kier molecular flexibility index (Phi) is 8.08. The summed E-state index contributed by atoms with van der Waals surface area (Å²) in [7, 11) is -6.45. The topological polar surface area (TPSA) is 149 Å². The highest BCUT2D eigenvalue weighted by atomic mass is 33.1. The lowest BCUT2D eigenvalue weighted by Gasteiger charge is -2.09. The Bertz CT molecular complexity index is 387. The first-order valence-corrected chi connectivity index (χ1v) is 10.2. The molecule has 0 saturated heterocycles. The van der Waals surface area contributed by atoms with E-state index >= 15 is 0 Å². The Balaban J connectivity index is 3.74. The van der Waals surface area contributed by atoms with Crippen molar-refractivity contribution in [3.05, 3.63) is 0 Å². The molecule has 0 amide bonds. The van der Waals surface area contributed by atoms with Crippen LogP contribution in [0.5, 0.6) is 0 Å². The molecule has 0 heterocycles. The Morgan fingerprint density at radius 2 is 1.06 bits per heavy atom. The van der Waals surface area contributed by atoms with Crippen molar-refractivity contribution >= 4 is 41.8 Å². The molecule has 8 nitrogen and oxygen atoms in total. The van der Waals surface area contributed by atoms with Crippen LogP contribution in [0.25, 0.3) is 0 Å². The van der Waals surface area contributed by atoms with Gasteiger partial charge < -0.3 is 10.2 Å². The highest BCUT2D eigenvalue weighted by molar-refractivity contribution is 8.76. The molecule has 0 radical (unpaired) electrons. The summed E-state index contributed by atoms with van der Waals surface area (Å²) in [5.41, 5.74) is 0. The van der Waals surface area contributed by atoms with Crippen LogP contribution >= 0.6 is 21.6 Å². The summed E-state index contributed by atoms with van der Waals surface area (Å²) in [5, 5.41) is 18.3. The van der Waals surface area contributed by atoms with E-state index in [4.69, 9.17) is 19.3 Å². The SMILES string of the molecule is O=S(=O)(O)C[C@@H](O)CSSC[C@H](O)CS(=O)(=O)O. The maximum atomic E-state index is 10.4. The molecule has 2 atom stereocenters. The monoisotopic (exact) mass is 342 g/mol. The first kappa shape index (κ1) is 18.4. The highest BCUT2D eigenvalue weighted by Crippen LogP contribution is 2.23. The van der Waals surface area contributed by atoms with E-state index < -0.39 is 43.9 Å². The predicted molar refractivity (Wildman–Crippen MR) is 69.8 cm³/mol. The van der Waals surface area contributed by atoms with Crippen LogP contribution in [0.1, 0.15) is 0 Å². The molecule has 0 unspecified atom stereocenters. The minimum absolute atomic E-state index is 0.0109. The Hall–Kier alpha value is 0.440. The van der Waals surface area contributed by atoms with Gasteiger partial charge in [-0.3, -0.25) is 9.11 Å². The van der Waals surface area contributed by atoms with E-state index in [0.29, 0.717) is 0 Å². The molecule has 0 spiro atoms. The van der Waals surface area contributed by atoms with E-state index in [0.717, 1.165) is 21.6 Å². The van der Waals surface area contributed by atoms with Crippen molar-refractivity contribution in [2.45, 2.75) is 12.2 Å². The number of hydrogen-bond donors (Lipinski definition) is 4. The van der Waals surface area contributed by atoms with Gasteiger partial charge in [0.15, 0.2) is 0 Å². The van der Waals surface area contributed by atoms with Crippen molar-refractivity contribution in [1.29, 1.82) is 0 Å². The molecule has 0 aromatic rings. The summed E-state index contributed by atoms with van der Waals surface area (Å²) in [6, 6.07) is 0. The van der Waals surface area contributed by atoms with E-state index in [1.54, 1.807) is 0 Å². The fourth-order valence-electron chi connectivity index (χ4n) is 0.836. The lowest BCUT2D eigenvalue weighted by Crippen LogP contribution is -2.23. The van der Waals surface area contributed by atoms with Gasteiger partial charge in [0.2, 0.25) is 0 Å². The third-order valence-corrected chi connectivity index (χ3v) is 5.55. The minimum atomic E-state index is -4.24. The van der Waals surface area contributed by atoms with Crippen molar-refractivity contribution in [1.82, 2.24) is 0 Å². The summed E-state index contributed by atoms with van der Waals surface area (Å²) >= 11 is 0. The first-order valence-electron chi connectivity index (χ1n) is 4.50. The molecule has 12 heteroatoms. The largest absolute Gasteiger partial charge is 0.391 e. The summed E-state index contributed by atoms with van der Waals surface area (Å²) in [6.07, 6.45) is -2.51. The number of hydrogen-bond acceptors (Lipinski definition) is 8. The fourth-order valence-corrected chi connectivity index (χ4v) is 4.60. The molecular weight excluding hydrogens is 328 g/mol. The van der Waals surface area contributed by atoms with Crippen molar-refractivity contribution in [3.8, 4) is 0 Å². The molecule has 0 aromatic heterocycles. The normalized spacial score (nSPS) is 16.4. The molecular formula is C6H14O8S4. The van der Waals surface area contributed by atoms with Gasteiger partial charge in [0.05, 0.1) is 12.2 Å². The first-order chi connectivity index (χ1) is 7.99. The van der Waals surface area contributed by atoms with Gasteiger partial charge >= 0.3 is 0 Å². The molecule has 0 aliphatic heterocycles. The van der Waals surface area contributed by atoms with Gasteiger partial charge in [0.25, 0.3) is 20.2 Å². The lowest BCUT2D eigenvalue weighted by molar-refractivity contribution is 0.218. The molecule has 0 bridgehead atoms. The number of aliphatic hydroxyl groups is 2. The van der Waals surface area contributed by atoms with Crippen LogP contribution in [0.3, 0.4) is 0 Å². The average molecular weight is 342 g/mol. The van der Waals surface area contributed by atoms with Crippen molar-refractivity contribution in [2.24, 2.45) is 0 Å². The second-order valence-corrected chi connectivity index (χ2v) is 8.92. The standard InChI is InChI=1S/C6H14O8S4/c7-5(3-17(9,10)11)1-15-16-2-6(8)4-18(12,13)14/h5-8H,1-4H2,(H,9,10,11)(H,12,13,14)/t5-,6-/m0/s1. The maximum absolute atomic E-state index is 10.4. The van der Waals surface area contributed by atoms with Crippen LogP contribution in [0.2, 0.25) is 0 Å². The van der Waals surface area contributed by atoms with Crippen LogP contribution in [-0.2, 0) is 20.2 Å². The summed E-state index contributed by atoms with van der Waals surface area (Å²) in [4.78, 5) is 0. The average Bonchev–Trinajstić information content (AvgIpc) is 2.06. The molecule has 0 rings (SSSR count). The van der Waals surface area contributed by atoms with Crippen molar-refractivity contribution in [3.63, 3.8) is 0 Å². The van der Waals surface area contributed by atoms with Crippen LogP contribution in [0.15, 0.2) is 0 Å². The molecule has 0 fully saturated rings. The van der Waals surface area contributed by atoms with Crippen LogP contribution < -0.4 is 0 Å². The van der Waals surface area contributed by atoms with E-state index in [2.05, 4.69) is 0 Å². The van der Waals surface area contributed by atoms with Crippen molar-refractivity contribution < 1.29 is 36.2 Å². The summed E-state index contributed by atoms with van der Waals surface area (Å²) < 4.78 is 58.4. The van der Waals surface area contributed by atoms with Crippen molar-refractivity contribution in [2.75, 3.05) is 23.0 Å². The van der Waals surface area contributed by atoms with E-state index in [9.17, 15) is 16.8 Å². The predicted octanol–water partition coefficient (Wildman–Crippen LogP) is -1.13. The molecule has 0 aliphatic carbocycles. The van der Waals surface area contributed by atoms with Crippen LogP contribution in [-0.4, -0.2) is 71.4 Å². The number of aliphatic hydroxyl groups excluding tert-OH is 2. The fraction of sp³-hybridized carbons (Fsp3) is 1.00. The van der Waals surface area contributed by atoms with E-state index in [1.807, 2.05) is 0 Å². The lowest BCUT2D eigenvalue weighted by atomic mass is 10.5. The molecule has 4 N–H and O–H groups in total. The second-order valence-electron chi connectivity index (χ2n) is 3.37. The van der Waals surface area contributed by atoms with Crippen LogP contribution in [0.4, 0.5) is 0 Å². The third-order valence-electron chi connectivity index (χ3n) is 1.41. The second kappa shape index (κ2) is 7.89. The Morgan fingerprint density at radius 1 is 0.778 bits per heavy atom. The van der Waals surface area contributed by atoms with Gasteiger partial charge in [-0.15, -0.1) is 0 Å². The minimum Gasteiger partial charge on any atom is -0.391 e. The maximum Gasteiger partial charge on any atom is 0.267 e. The third kappa shape index (κ3) is 12.9. The highest BCUT2D eigenvalue weighted by Gasteiger charge is 2.16. The summed E-state index contributed by atoms with van der Waals surface area (Å²) in [6.45, 7) is 0. The van der Waals surface area contributed by atoms with E-state index in [1.165, 1.54) is 0 Å². The van der Waals surface area contributed by atoms with Gasteiger partial charge in [-0.05, 0) is 0 Å². The van der Waals surface area contributed by atoms with Crippen LogP contribution in [0, 0.1) is 0 Å². The quantitative estimate of drug-likeness (QED) is 0.230. The molecule has 0 aliphatic rings. The zero-order chi connectivity index (χ0) is 14.4. The smallest absolute Gasteiger partial charge is 0.267 e. The summed E-state index contributed by atoms with van der Waals surface area (Å²) in [5.74, 6) is -1.59. The van der Waals surface area contributed by atoms with Gasteiger partial charge in [-0.1, -0.05) is 21.6 Å². The molecule has 18 heavy (non-hydrogen) atoms. The number of rotatable bonds is 9. The molecule has 0 saturated carbocycles. The zero-order valence-electron chi connectivity index (χ0n) is 9.04. The molecule has 110 valence electrons. The Labute approximate surface area is 113 Å². The van der Waals surface area contributed by atoms with Gasteiger partial charge in [-0.25, -0.2) is 0 Å². The zero-order valence-corrected chi connectivity index (χ0v) is 12.3. The van der Waals surface area contributed by atoms with Gasteiger partial charge in [-0.2, -0.15) is 16.8 Å². The molecule has 0 aromatic carbocycles. The van der Waals surface area contributed by atoms with Gasteiger partial charge in [0.1, 0.15) is 11.5 Å².